The van der Waals surface area contributed by atoms with Gasteiger partial charge in [-0.25, -0.2) is 0 Å². The van der Waals surface area contributed by atoms with Gasteiger partial charge in [0.15, 0.2) is 11.5 Å². The summed E-state index contributed by atoms with van der Waals surface area (Å²) in [6.07, 6.45) is 2.11. The van der Waals surface area contributed by atoms with E-state index in [1.54, 1.807) is 14.2 Å². The quantitative estimate of drug-likeness (QED) is 0.819. The van der Waals surface area contributed by atoms with Gasteiger partial charge in [0, 0.05) is 5.41 Å². The largest absolute Gasteiger partial charge is 0.493 e. The van der Waals surface area contributed by atoms with Gasteiger partial charge in [0.25, 0.3) is 0 Å². The molecule has 1 N–H and O–H groups in total. The van der Waals surface area contributed by atoms with E-state index >= 15 is 0 Å². The maximum atomic E-state index is 9.33. The first-order chi connectivity index (χ1) is 7.25. The van der Waals surface area contributed by atoms with Gasteiger partial charge in [0.05, 0.1) is 20.8 Å². The van der Waals surface area contributed by atoms with E-state index < -0.39 is 0 Å². The van der Waals surface area contributed by atoms with E-state index in [2.05, 4.69) is 0 Å². The van der Waals surface area contributed by atoms with E-state index in [1.165, 1.54) is 0 Å². The molecule has 0 aliphatic heterocycles. The molecule has 0 atom stereocenters. The number of methoxy groups -OCH3 is 2. The molecule has 1 aliphatic rings. The van der Waals surface area contributed by atoms with Crippen LogP contribution in [-0.2, 0) is 5.41 Å². The van der Waals surface area contributed by atoms with Crippen molar-refractivity contribution >= 4 is 0 Å². The van der Waals surface area contributed by atoms with Crippen LogP contribution in [0.3, 0.4) is 0 Å². The summed E-state index contributed by atoms with van der Waals surface area (Å²) in [7, 11) is 3.25. The SMILES string of the molecule is COc1ccc(C2(CO)CC2)cc1OC. The van der Waals surface area contributed by atoms with E-state index in [0.717, 1.165) is 29.9 Å². The first-order valence-corrected chi connectivity index (χ1v) is 5.09. The van der Waals surface area contributed by atoms with Gasteiger partial charge in [-0.05, 0) is 30.5 Å². The Hall–Kier alpha value is -1.22. The van der Waals surface area contributed by atoms with Crippen LogP contribution in [0.2, 0.25) is 0 Å². The zero-order valence-electron chi connectivity index (χ0n) is 9.12. The second kappa shape index (κ2) is 3.74. The molecule has 3 heteroatoms. The van der Waals surface area contributed by atoms with E-state index in [4.69, 9.17) is 9.47 Å². The fourth-order valence-corrected chi connectivity index (χ4v) is 1.86. The van der Waals surface area contributed by atoms with Gasteiger partial charge in [0.1, 0.15) is 0 Å². The molecule has 1 aliphatic carbocycles. The third-order valence-electron chi connectivity index (χ3n) is 3.15. The van der Waals surface area contributed by atoms with Crippen LogP contribution in [0.25, 0.3) is 0 Å². The second-order valence-electron chi connectivity index (χ2n) is 4.01. The lowest BCUT2D eigenvalue weighted by Gasteiger charge is -2.15. The van der Waals surface area contributed by atoms with Crippen molar-refractivity contribution in [1.29, 1.82) is 0 Å². The molecule has 0 heterocycles. The van der Waals surface area contributed by atoms with Crippen molar-refractivity contribution in [2.45, 2.75) is 18.3 Å². The highest BCUT2D eigenvalue weighted by Gasteiger charge is 2.43. The molecule has 0 saturated heterocycles. The summed E-state index contributed by atoms with van der Waals surface area (Å²) >= 11 is 0. The molecule has 0 amide bonds. The molecule has 3 nitrogen and oxygen atoms in total. The highest BCUT2D eigenvalue weighted by molar-refractivity contribution is 5.46. The summed E-state index contributed by atoms with van der Waals surface area (Å²) in [5.74, 6) is 1.46. The molecule has 1 aromatic carbocycles. The van der Waals surface area contributed by atoms with Crippen molar-refractivity contribution in [2.75, 3.05) is 20.8 Å². The van der Waals surface area contributed by atoms with Gasteiger partial charge in [-0.1, -0.05) is 6.07 Å². The summed E-state index contributed by atoms with van der Waals surface area (Å²) in [4.78, 5) is 0. The molecule has 1 aromatic rings. The average Bonchev–Trinajstić information content (AvgIpc) is 3.09. The third kappa shape index (κ3) is 1.67. The number of ether oxygens (including phenoxy) is 2. The topological polar surface area (TPSA) is 38.7 Å². The third-order valence-corrected chi connectivity index (χ3v) is 3.15. The highest BCUT2D eigenvalue weighted by atomic mass is 16.5. The van der Waals surface area contributed by atoms with Crippen LogP contribution in [0.15, 0.2) is 18.2 Å². The molecule has 1 saturated carbocycles. The minimum absolute atomic E-state index is 0.0143. The van der Waals surface area contributed by atoms with Crippen LogP contribution in [0.1, 0.15) is 18.4 Å². The summed E-state index contributed by atoms with van der Waals surface area (Å²) in [5, 5.41) is 9.33. The minimum atomic E-state index is -0.0143. The van der Waals surface area contributed by atoms with Gasteiger partial charge in [-0.15, -0.1) is 0 Å². The van der Waals surface area contributed by atoms with Crippen LogP contribution in [0.4, 0.5) is 0 Å². The fourth-order valence-electron chi connectivity index (χ4n) is 1.86. The smallest absolute Gasteiger partial charge is 0.161 e. The Morgan fingerprint density at radius 1 is 1.20 bits per heavy atom. The number of aliphatic hydroxyl groups is 1. The van der Waals surface area contributed by atoms with Crippen LogP contribution in [-0.4, -0.2) is 25.9 Å². The summed E-state index contributed by atoms with van der Waals surface area (Å²) in [6.45, 7) is 0.211. The van der Waals surface area contributed by atoms with Gasteiger partial charge in [-0.3, -0.25) is 0 Å². The molecule has 0 radical (unpaired) electrons. The van der Waals surface area contributed by atoms with Crippen molar-refractivity contribution in [3.05, 3.63) is 23.8 Å². The Balaban J connectivity index is 2.35. The molecule has 1 fully saturated rings. The van der Waals surface area contributed by atoms with E-state index in [9.17, 15) is 5.11 Å². The zero-order chi connectivity index (χ0) is 10.9. The van der Waals surface area contributed by atoms with Crippen LogP contribution in [0.5, 0.6) is 11.5 Å². The predicted molar refractivity (Wildman–Crippen MR) is 57.5 cm³/mol. The average molecular weight is 208 g/mol. The fraction of sp³-hybridized carbons (Fsp3) is 0.500. The summed E-state index contributed by atoms with van der Waals surface area (Å²) < 4.78 is 10.4. The highest BCUT2D eigenvalue weighted by Crippen LogP contribution is 2.49. The maximum Gasteiger partial charge on any atom is 0.161 e. The Labute approximate surface area is 89.6 Å². The van der Waals surface area contributed by atoms with Crippen molar-refractivity contribution in [1.82, 2.24) is 0 Å². The van der Waals surface area contributed by atoms with Crippen molar-refractivity contribution in [2.24, 2.45) is 0 Å². The first kappa shape index (κ1) is 10.3. The van der Waals surface area contributed by atoms with E-state index in [0.29, 0.717) is 0 Å². The van der Waals surface area contributed by atoms with E-state index in [1.807, 2.05) is 18.2 Å². The van der Waals surface area contributed by atoms with Crippen LogP contribution >= 0.6 is 0 Å². The van der Waals surface area contributed by atoms with E-state index in [-0.39, 0.29) is 12.0 Å². The number of rotatable bonds is 4. The molecule has 82 valence electrons. The first-order valence-electron chi connectivity index (χ1n) is 5.09. The Morgan fingerprint density at radius 2 is 1.87 bits per heavy atom. The lowest BCUT2D eigenvalue weighted by atomic mass is 9.97. The molecule has 15 heavy (non-hydrogen) atoms. The van der Waals surface area contributed by atoms with Crippen molar-refractivity contribution in [3.8, 4) is 11.5 Å². The summed E-state index contributed by atoms with van der Waals surface area (Å²) in [6, 6.07) is 5.86. The summed E-state index contributed by atoms with van der Waals surface area (Å²) in [5.41, 5.74) is 1.13. The van der Waals surface area contributed by atoms with Crippen molar-refractivity contribution < 1.29 is 14.6 Å². The number of hydrogen-bond acceptors (Lipinski definition) is 3. The van der Waals surface area contributed by atoms with Gasteiger partial charge in [0.2, 0.25) is 0 Å². The predicted octanol–water partition coefficient (Wildman–Crippen LogP) is 1.73. The monoisotopic (exact) mass is 208 g/mol. The van der Waals surface area contributed by atoms with Gasteiger partial charge in [-0.2, -0.15) is 0 Å². The Bertz CT molecular complexity index is 356. The number of hydrogen-bond donors (Lipinski definition) is 1. The van der Waals surface area contributed by atoms with Crippen LogP contribution in [0, 0.1) is 0 Å². The molecule has 0 spiro atoms. The van der Waals surface area contributed by atoms with Gasteiger partial charge >= 0.3 is 0 Å². The lowest BCUT2D eigenvalue weighted by molar-refractivity contribution is 0.254. The molecule has 0 aromatic heterocycles. The van der Waals surface area contributed by atoms with Gasteiger partial charge < -0.3 is 14.6 Å². The Kier molecular flexibility index (Phi) is 2.57. The molecule has 2 rings (SSSR count). The second-order valence-corrected chi connectivity index (χ2v) is 4.01. The number of benzene rings is 1. The number of aliphatic hydroxyl groups excluding tert-OH is 1. The normalized spacial score (nSPS) is 17.3. The van der Waals surface area contributed by atoms with Crippen molar-refractivity contribution in [3.63, 3.8) is 0 Å². The molecular formula is C12H16O3. The Morgan fingerprint density at radius 3 is 2.33 bits per heavy atom. The van der Waals surface area contributed by atoms with Crippen LogP contribution < -0.4 is 9.47 Å². The standard InChI is InChI=1S/C12H16O3/c1-14-10-4-3-9(7-11(10)15-2)12(8-13)5-6-12/h3-4,7,13H,5-6,8H2,1-2H3. The molecule has 0 bridgehead atoms. The zero-order valence-corrected chi connectivity index (χ0v) is 9.12. The molecular weight excluding hydrogens is 192 g/mol. The molecule has 0 unspecified atom stereocenters. The maximum absolute atomic E-state index is 9.33. The minimum Gasteiger partial charge on any atom is -0.493 e. The lowest BCUT2D eigenvalue weighted by Crippen LogP contribution is -2.11.